The molecule has 0 aliphatic heterocycles. The Kier molecular flexibility index (Phi) is 8.12. The molecule has 0 spiro atoms. The Hall–Kier alpha value is -4.98. The summed E-state index contributed by atoms with van der Waals surface area (Å²) >= 11 is 4.01. The van der Waals surface area contributed by atoms with Crippen LogP contribution in [0.2, 0.25) is 0 Å². The second-order valence-corrected chi connectivity index (χ2v) is 22.4. The lowest BCUT2D eigenvalue weighted by atomic mass is 9.76. The number of hydrogen-bond donors (Lipinski definition) is 0. The van der Waals surface area contributed by atoms with E-state index in [1.807, 2.05) is 0 Å². The average Bonchev–Trinajstić information content (AvgIpc) is 3.67. The van der Waals surface area contributed by atoms with E-state index < -0.39 is 0 Å². The van der Waals surface area contributed by atoms with Crippen LogP contribution >= 0.6 is 15.9 Å². The highest BCUT2D eigenvalue weighted by molar-refractivity contribution is 9.10. The van der Waals surface area contributed by atoms with E-state index in [1.54, 1.807) is 0 Å². The summed E-state index contributed by atoms with van der Waals surface area (Å²) in [4.78, 5) is 0. The molecule has 0 radical (unpaired) electrons. The van der Waals surface area contributed by atoms with Gasteiger partial charge < -0.3 is 0 Å². The molecule has 10 aromatic rings. The molecule has 59 heavy (non-hydrogen) atoms. The maximum absolute atomic E-state index is 4.01. The summed E-state index contributed by atoms with van der Waals surface area (Å²) < 4.78 is 1.14. The van der Waals surface area contributed by atoms with Crippen molar-refractivity contribution in [3.8, 4) is 22.3 Å². The minimum absolute atomic E-state index is 0.0336. The van der Waals surface area contributed by atoms with E-state index in [0.29, 0.717) is 0 Å². The molecule has 1 heteroatoms. The molecule has 0 atom stereocenters. The van der Waals surface area contributed by atoms with Gasteiger partial charge in [0.2, 0.25) is 0 Å². The molecule has 0 nitrogen and oxygen atoms in total. The van der Waals surface area contributed by atoms with Gasteiger partial charge in [0.25, 0.3) is 0 Å². The van der Waals surface area contributed by atoms with Crippen molar-refractivity contribution in [2.45, 2.75) is 105 Å². The highest BCUT2D eigenvalue weighted by atomic mass is 79.9. The van der Waals surface area contributed by atoms with Crippen molar-refractivity contribution in [2.75, 3.05) is 0 Å². The zero-order valence-electron chi connectivity index (χ0n) is 36.8. The molecule has 0 fully saturated rings. The molecule has 0 saturated heterocycles. The average molecular weight is 832 g/mol. The molecule has 0 N–H and O–H groups in total. The second kappa shape index (κ2) is 12.5. The maximum atomic E-state index is 4.01. The third-order valence-electron chi connectivity index (χ3n) is 13.4. The Balaban J connectivity index is 1.57. The van der Waals surface area contributed by atoms with Crippen LogP contribution in [0.15, 0.2) is 120 Å². The summed E-state index contributed by atoms with van der Waals surface area (Å²) in [6, 6.07) is 45.4. The van der Waals surface area contributed by atoms with Gasteiger partial charge in [-0.25, -0.2) is 0 Å². The van der Waals surface area contributed by atoms with E-state index in [1.165, 1.54) is 120 Å². The maximum Gasteiger partial charge on any atom is 0.0254 e. The van der Waals surface area contributed by atoms with E-state index in [4.69, 9.17) is 0 Å². The van der Waals surface area contributed by atoms with Gasteiger partial charge in [-0.3, -0.25) is 0 Å². The molecule has 0 unspecified atom stereocenters. The zero-order chi connectivity index (χ0) is 41.7. The summed E-state index contributed by atoms with van der Waals surface area (Å²) in [5, 5.41) is 18.6. The lowest BCUT2D eigenvalue weighted by molar-refractivity contribution is 0.568. The Bertz CT molecular complexity index is 3280. The highest BCUT2D eigenvalue weighted by Gasteiger charge is 2.30. The number of hydrogen-bond acceptors (Lipinski definition) is 0. The zero-order valence-corrected chi connectivity index (χ0v) is 38.4. The van der Waals surface area contributed by atoms with E-state index >= 15 is 0 Å². The first-order chi connectivity index (χ1) is 27.7. The van der Waals surface area contributed by atoms with Crippen LogP contribution in [-0.4, -0.2) is 0 Å². The Morgan fingerprint density at radius 3 is 1.20 bits per heavy atom. The molecule has 294 valence electrons. The molecule has 0 aliphatic carbocycles. The highest BCUT2D eigenvalue weighted by Crippen LogP contribution is 2.56. The third-order valence-corrected chi connectivity index (χ3v) is 14.1. The lowest BCUT2D eigenvalue weighted by Crippen LogP contribution is -2.16. The van der Waals surface area contributed by atoms with E-state index in [-0.39, 0.29) is 21.7 Å². The summed E-state index contributed by atoms with van der Waals surface area (Å²) in [7, 11) is 0. The van der Waals surface area contributed by atoms with Crippen LogP contribution < -0.4 is 0 Å². The van der Waals surface area contributed by atoms with Crippen LogP contribution in [0.3, 0.4) is 0 Å². The first-order valence-corrected chi connectivity index (χ1v) is 22.2. The fraction of sp³-hybridized carbons (Fsp3) is 0.276. The van der Waals surface area contributed by atoms with Gasteiger partial charge in [0.1, 0.15) is 0 Å². The van der Waals surface area contributed by atoms with Crippen molar-refractivity contribution in [3.05, 3.63) is 142 Å². The fourth-order valence-electron chi connectivity index (χ4n) is 10.0. The number of fused-ring (bicyclic) bond motifs is 8. The molecule has 0 saturated carbocycles. The molecule has 10 rings (SSSR count). The number of rotatable bonds is 2. The number of benzene rings is 8. The van der Waals surface area contributed by atoms with Gasteiger partial charge in [0.15, 0.2) is 0 Å². The van der Waals surface area contributed by atoms with Gasteiger partial charge in [-0.1, -0.05) is 202 Å². The predicted molar refractivity (Wildman–Crippen MR) is 265 cm³/mol. The van der Waals surface area contributed by atoms with Gasteiger partial charge in [-0.05, 0) is 154 Å². The fourth-order valence-corrected chi connectivity index (χ4v) is 10.5. The summed E-state index contributed by atoms with van der Waals surface area (Å²) in [5.41, 5.74) is 10.6. The van der Waals surface area contributed by atoms with Crippen LogP contribution in [0.4, 0.5) is 0 Å². The quantitative estimate of drug-likeness (QED) is 0.152. The molecule has 0 heterocycles. The van der Waals surface area contributed by atoms with Crippen LogP contribution in [0.5, 0.6) is 0 Å². The van der Waals surface area contributed by atoms with Gasteiger partial charge in [-0.2, -0.15) is 0 Å². The minimum atomic E-state index is -0.0352. The standard InChI is InChI=1S/C58H55Br/c1-55(2,3)34-25-32(26-35(29-34)56(4,5)6)48-46-31-45-39-18-14-13-17-38(39)40-19-15-21-42(50(40)45)52(46)49(33-27-36(57(7,8)9)30-37(28-33)58(10,11)12)54-43-22-16-20-41-47(59)24-23-44(51(41)43)53(48)54/h13-31H,1-12H3. The third kappa shape index (κ3) is 5.74. The van der Waals surface area contributed by atoms with Gasteiger partial charge in [-0.15, -0.1) is 0 Å². The topological polar surface area (TPSA) is 0 Å². The molecule has 0 bridgehead atoms. The Labute approximate surface area is 358 Å². The van der Waals surface area contributed by atoms with Gasteiger partial charge in [0, 0.05) is 4.47 Å². The second-order valence-electron chi connectivity index (χ2n) is 21.5. The Morgan fingerprint density at radius 1 is 0.288 bits per heavy atom. The van der Waals surface area contributed by atoms with Crippen molar-refractivity contribution >= 4 is 91.3 Å². The molecular formula is C58H55Br. The van der Waals surface area contributed by atoms with Crippen molar-refractivity contribution in [3.63, 3.8) is 0 Å². The molecule has 10 aromatic carbocycles. The summed E-state index contributed by atoms with van der Waals surface area (Å²) in [5.74, 6) is 0. The van der Waals surface area contributed by atoms with E-state index in [0.717, 1.165) is 4.47 Å². The van der Waals surface area contributed by atoms with Crippen LogP contribution in [0.25, 0.3) is 97.7 Å². The monoisotopic (exact) mass is 830 g/mol. The van der Waals surface area contributed by atoms with Crippen molar-refractivity contribution in [1.29, 1.82) is 0 Å². The predicted octanol–water partition coefficient (Wildman–Crippen LogP) is 17.9. The van der Waals surface area contributed by atoms with Crippen molar-refractivity contribution < 1.29 is 0 Å². The first kappa shape index (κ1) is 38.2. The Morgan fingerprint density at radius 2 is 0.678 bits per heavy atom. The summed E-state index contributed by atoms with van der Waals surface area (Å²) in [6.07, 6.45) is 0. The van der Waals surface area contributed by atoms with Crippen LogP contribution in [0.1, 0.15) is 105 Å². The normalized spacial score (nSPS) is 13.5. The van der Waals surface area contributed by atoms with E-state index in [2.05, 4.69) is 214 Å². The van der Waals surface area contributed by atoms with Crippen molar-refractivity contribution in [1.82, 2.24) is 0 Å². The summed E-state index contributed by atoms with van der Waals surface area (Å²) in [6.45, 7) is 28.3. The van der Waals surface area contributed by atoms with Gasteiger partial charge >= 0.3 is 0 Å². The molecule has 0 amide bonds. The van der Waals surface area contributed by atoms with Crippen molar-refractivity contribution in [2.24, 2.45) is 0 Å². The first-order valence-electron chi connectivity index (χ1n) is 21.5. The van der Waals surface area contributed by atoms with Gasteiger partial charge in [0.05, 0.1) is 0 Å². The number of halogens is 1. The SMILES string of the molecule is CC(C)(C)c1cc(-c2c3cc4c5ccccc5c5cccc(c3c(-c3cc(C(C)(C)C)cc(C(C)(C)C)c3)c3c6cccc7c(Br)ccc(c23)c76)c54)cc(C(C)(C)C)c1. The molecule has 0 aliphatic rings. The minimum Gasteiger partial charge on any atom is -0.0616 e. The van der Waals surface area contributed by atoms with E-state index in [9.17, 15) is 0 Å². The molecular weight excluding hydrogens is 777 g/mol. The lowest BCUT2D eigenvalue weighted by Gasteiger charge is -2.28. The largest absolute Gasteiger partial charge is 0.0616 e. The van der Waals surface area contributed by atoms with Crippen LogP contribution in [-0.2, 0) is 21.7 Å². The van der Waals surface area contributed by atoms with Crippen LogP contribution in [0, 0.1) is 0 Å². The molecule has 0 aromatic heterocycles. The smallest absolute Gasteiger partial charge is 0.0254 e.